The first-order chi connectivity index (χ1) is 13.2. The Morgan fingerprint density at radius 1 is 1.21 bits per heavy atom. The molecular formula is C21H31N3O4. The smallest absolute Gasteiger partial charge is 0.240 e. The molecule has 2 heterocycles. The van der Waals surface area contributed by atoms with Crippen molar-refractivity contribution in [3.05, 3.63) is 23.8 Å². The van der Waals surface area contributed by atoms with Crippen LogP contribution in [-0.2, 0) is 9.59 Å². The maximum absolute atomic E-state index is 12.7. The monoisotopic (exact) mass is 389 g/mol. The van der Waals surface area contributed by atoms with Gasteiger partial charge in [-0.2, -0.15) is 0 Å². The van der Waals surface area contributed by atoms with E-state index in [4.69, 9.17) is 9.47 Å². The van der Waals surface area contributed by atoms with Gasteiger partial charge in [-0.1, -0.05) is 6.07 Å². The van der Waals surface area contributed by atoms with Gasteiger partial charge in [0, 0.05) is 18.6 Å². The highest BCUT2D eigenvalue weighted by Gasteiger charge is 2.30. The number of amides is 2. The largest absolute Gasteiger partial charge is 0.486 e. The van der Waals surface area contributed by atoms with Crippen LogP contribution in [0.4, 0.5) is 0 Å². The number of hydrogen-bond acceptors (Lipinski definition) is 5. The van der Waals surface area contributed by atoms with Crippen molar-refractivity contribution in [2.24, 2.45) is 0 Å². The van der Waals surface area contributed by atoms with E-state index in [-0.39, 0.29) is 29.9 Å². The summed E-state index contributed by atoms with van der Waals surface area (Å²) in [6.07, 6.45) is 2.04. The lowest BCUT2D eigenvalue weighted by atomic mass is 10.0. The van der Waals surface area contributed by atoms with Gasteiger partial charge < -0.3 is 19.7 Å². The summed E-state index contributed by atoms with van der Waals surface area (Å²) in [4.78, 5) is 28.4. The van der Waals surface area contributed by atoms with Crippen LogP contribution in [-0.4, -0.2) is 67.0 Å². The summed E-state index contributed by atoms with van der Waals surface area (Å²) in [5.74, 6) is 1.36. The quantitative estimate of drug-likeness (QED) is 0.834. The zero-order chi connectivity index (χ0) is 20.3. The van der Waals surface area contributed by atoms with Gasteiger partial charge in [0.1, 0.15) is 13.2 Å². The number of nitrogens with zero attached hydrogens (tertiary/aromatic N) is 2. The van der Waals surface area contributed by atoms with Crippen molar-refractivity contribution < 1.29 is 19.1 Å². The Kier molecular flexibility index (Phi) is 6.13. The topological polar surface area (TPSA) is 71.1 Å². The molecule has 28 heavy (non-hydrogen) atoms. The first kappa shape index (κ1) is 20.5. The fourth-order valence-corrected chi connectivity index (χ4v) is 3.72. The van der Waals surface area contributed by atoms with E-state index in [1.165, 1.54) is 4.90 Å². The molecule has 2 aliphatic rings. The van der Waals surface area contributed by atoms with Gasteiger partial charge in [-0.25, -0.2) is 0 Å². The van der Waals surface area contributed by atoms with Crippen molar-refractivity contribution in [2.75, 3.05) is 39.9 Å². The van der Waals surface area contributed by atoms with E-state index in [2.05, 4.69) is 16.3 Å². The first-order valence-corrected chi connectivity index (χ1v) is 9.91. The summed E-state index contributed by atoms with van der Waals surface area (Å²) in [6.45, 7) is 8.15. The Labute approximate surface area is 167 Å². The molecule has 0 radical (unpaired) electrons. The van der Waals surface area contributed by atoms with Crippen molar-refractivity contribution in [1.82, 2.24) is 15.1 Å². The van der Waals surface area contributed by atoms with E-state index < -0.39 is 0 Å². The molecule has 1 aromatic rings. The first-order valence-electron chi connectivity index (χ1n) is 9.91. The summed E-state index contributed by atoms with van der Waals surface area (Å²) in [6, 6.07) is 6.21. The van der Waals surface area contributed by atoms with E-state index in [0.29, 0.717) is 19.8 Å². The molecule has 0 spiro atoms. The normalized spacial score (nSPS) is 19.4. The van der Waals surface area contributed by atoms with Crippen LogP contribution < -0.4 is 14.8 Å². The lowest BCUT2D eigenvalue weighted by Crippen LogP contribution is -2.47. The third-order valence-electron chi connectivity index (χ3n) is 4.97. The number of likely N-dealkylation sites (tertiary alicyclic amines) is 1. The van der Waals surface area contributed by atoms with E-state index in [9.17, 15) is 9.59 Å². The zero-order valence-corrected chi connectivity index (χ0v) is 17.3. The third kappa shape index (κ3) is 5.16. The minimum atomic E-state index is -0.306. The maximum Gasteiger partial charge on any atom is 0.240 e. The molecule has 3 rings (SSSR count). The molecule has 1 N–H and O–H groups in total. The predicted octanol–water partition coefficient (Wildman–Crippen LogP) is 1.97. The predicted molar refractivity (Wildman–Crippen MR) is 107 cm³/mol. The van der Waals surface area contributed by atoms with Crippen LogP contribution >= 0.6 is 0 Å². The fourth-order valence-electron chi connectivity index (χ4n) is 3.72. The van der Waals surface area contributed by atoms with Gasteiger partial charge in [0.2, 0.25) is 11.8 Å². The minimum absolute atomic E-state index is 0.0477. The molecular weight excluding hydrogens is 358 g/mol. The molecule has 154 valence electrons. The van der Waals surface area contributed by atoms with Crippen LogP contribution in [0.3, 0.4) is 0 Å². The van der Waals surface area contributed by atoms with E-state index in [1.807, 2.05) is 32.9 Å². The molecule has 2 aliphatic heterocycles. The van der Waals surface area contributed by atoms with Crippen LogP contribution in [0.1, 0.15) is 45.2 Å². The molecule has 0 aliphatic carbocycles. The second kappa shape index (κ2) is 8.39. The lowest BCUT2D eigenvalue weighted by molar-refractivity contribution is -0.136. The Morgan fingerprint density at radius 2 is 1.93 bits per heavy atom. The second-order valence-corrected chi connectivity index (χ2v) is 8.58. The van der Waals surface area contributed by atoms with Gasteiger partial charge in [0.05, 0.1) is 13.1 Å². The molecule has 1 saturated heterocycles. The second-order valence-electron chi connectivity index (χ2n) is 8.58. The molecule has 0 bridgehead atoms. The molecule has 0 saturated carbocycles. The van der Waals surface area contributed by atoms with Crippen LogP contribution in [0, 0.1) is 0 Å². The third-order valence-corrected chi connectivity index (χ3v) is 4.97. The number of carbonyl (C=O) groups excluding carboxylic acids is 2. The standard InChI is InChI=1S/C21H31N3O4/c1-21(2,3)22-19(25)13-23(4)20(26)14-24-9-5-6-16(24)15-7-8-17-18(12-15)28-11-10-27-17/h7-8,12,16H,5-6,9-11,13-14H2,1-4H3,(H,22,25)/t16-/m0/s1. The number of rotatable bonds is 5. The average Bonchev–Trinajstić information content (AvgIpc) is 3.07. The van der Waals surface area contributed by atoms with E-state index in [1.54, 1.807) is 7.05 Å². The summed E-state index contributed by atoms with van der Waals surface area (Å²) in [7, 11) is 1.68. The van der Waals surface area contributed by atoms with E-state index >= 15 is 0 Å². The average molecular weight is 389 g/mol. The van der Waals surface area contributed by atoms with Crippen molar-refractivity contribution >= 4 is 11.8 Å². The number of hydrogen-bond donors (Lipinski definition) is 1. The van der Waals surface area contributed by atoms with Crippen LogP contribution in [0.15, 0.2) is 18.2 Å². The van der Waals surface area contributed by atoms with Crippen LogP contribution in [0.2, 0.25) is 0 Å². The maximum atomic E-state index is 12.7. The lowest BCUT2D eigenvalue weighted by Gasteiger charge is -2.28. The van der Waals surface area contributed by atoms with Gasteiger partial charge in [0.25, 0.3) is 0 Å². The highest BCUT2D eigenvalue weighted by Crippen LogP contribution is 2.37. The Bertz CT molecular complexity index is 729. The van der Waals surface area contributed by atoms with Gasteiger partial charge in [-0.15, -0.1) is 0 Å². The number of nitrogens with one attached hydrogen (secondary N) is 1. The van der Waals surface area contributed by atoms with Gasteiger partial charge in [0.15, 0.2) is 11.5 Å². The van der Waals surface area contributed by atoms with Gasteiger partial charge >= 0.3 is 0 Å². The zero-order valence-electron chi connectivity index (χ0n) is 17.3. The minimum Gasteiger partial charge on any atom is -0.486 e. The Balaban J connectivity index is 1.60. The van der Waals surface area contributed by atoms with Crippen molar-refractivity contribution in [3.63, 3.8) is 0 Å². The molecule has 0 aromatic heterocycles. The number of fused-ring (bicyclic) bond motifs is 1. The number of benzene rings is 1. The highest BCUT2D eigenvalue weighted by atomic mass is 16.6. The highest BCUT2D eigenvalue weighted by molar-refractivity contribution is 5.85. The SMILES string of the molecule is CN(CC(=O)NC(C)(C)C)C(=O)CN1CCC[C@H]1c1ccc2c(c1)OCCO2. The summed E-state index contributed by atoms with van der Waals surface area (Å²) < 4.78 is 11.3. The Morgan fingerprint density at radius 3 is 2.64 bits per heavy atom. The van der Waals surface area contributed by atoms with Crippen molar-refractivity contribution in [3.8, 4) is 11.5 Å². The van der Waals surface area contributed by atoms with Crippen LogP contribution in [0.5, 0.6) is 11.5 Å². The summed E-state index contributed by atoms with van der Waals surface area (Å²) in [5.41, 5.74) is 0.835. The van der Waals surface area contributed by atoms with Gasteiger partial charge in [-0.3, -0.25) is 14.5 Å². The number of ether oxygens (including phenoxy) is 2. The molecule has 7 heteroatoms. The summed E-state index contributed by atoms with van der Waals surface area (Å²) in [5, 5.41) is 2.89. The summed E-state index contributed by atoms with van der Waals surface area (Å²) >= 11 is 0. The molecule has 1 fully saturated rings. The van der Waals surface area contributed by atoms with Gasteiger partial charge in [-0.05, 0) is 57.9 Å². The molecule has 1 aromatic carbocycles. The Hall–Kier alpha value is -2.28. The fraction of sp³-hybridized carbons (Fsp3) is 0.619. The molecule has 0 unspecified atom stereocenters. The molecule has 7 nitrogen and oxygen atoms in total. The molecule has 2 amide bonds. The van der Waals surface area contributed by atoms with Crippen molar-refractivity contribution in [1.29, 1.82) is 0 Å². The molecule has 1 atom stereocenters. The van der Waals surface area contributed by atoms with Crippen molar-refractivity contribution in [2.45, 2.75) is 45.2 Å². The van der Waals surface area contributed by atoms with E-state index in [0.717, 1.165) is 36.4 Å². The number of carbonyl (C=O) groups is 2. The van der Waals surface area contributed by atoms with Crippen LogP contribution in [0.25, 0.3) is 0 Å². The number of likely N-dealkylation sites (N-methyl/N-ethyl adjacent to an activating group) is 1.